The molecule has 1 aromatic carbocycles. The van der Waals surface area contributed by atoms with Crippen molar-refractivity contribution in [1.82, 2.24) is 4.90 Å². The summed E-state index contributed by atoms with van der Waals surface area (Å²) in [5, 5.41) is 14.6. The maximum atomic E-state index is 11.5. The van der Waals surface area contributed by atoms with Crippen LogP contribution in [-0.2, 0) is 20.3 Å². The highest BCUT2D eigenvalue weighted by molar-refractivity contribution is 7.85. The van der Waals surface area contributed by atoms with Crippen molar-refractivity contribution >= 4 is 34.2 Å². The van der Waals surface area contributed by atoms with Gasteiger partial charge in [-0.1, -0.05) is 6.07 Å². The zero-order valence-corrected chi connectivity index (χ0v) is 16.6. The molecule has 148 valence electrons. The van der Waals surface area contributed by atoms with Crippen molar-refractivity contribution in [1.29, 1.82) is 0 Å². The number of hydrogen-bond donors (Lipinski definition) is 1. The number of rotatable bonds is 7. The van der Waals surface area contributed by atoms with Crippen LogP contribution in [0.4, 0.5) is 11.4 Å². The SMILES string of the molecule is COC(=O)C=Cc1ccc(NCC(C)(C)N2CCS(=O)CC2)c([N+](=O)[O-])c1. The molecule has 0 spiro atoms. The smallest absolute Gasteiger partial charge is 0.330 e. The minimum Gasteiger partial charge on any atom is -0.466 e. The number of esters is 1. The highest BCUT2D eigenvalue weighted by Gasteiger charge is 2.30. The summed E-state index contributed by atoms with van der Waals surface area (Å²) in [5.41, 5.74) is 0.666. The average molecular weight is 395 g/mol. The van der Waals surface area contributed by atoms with Gasteiger partial charge < -0.3 is 10.1 Å². The largest absolute Gasteiger partial charge is 0.466 e. The molecule has 1 heterocycles. The van der Waals surface area contributed by atoms with Gasteiger partial charge in [-0.15, -0.1) is 0 Å². The standard InChI is InChI=1S/C18H25N3O5S/c1-18(2,20-8-10-27(25)11-9-20)13-19-15-6-4-14(5-7-17(22)26-3)12-16(15)21(23)24/h4-7,12,19H,8-11,13H2,1-3H3. The molecule has 1 N–H and O–H groups in total. The Morgan fingerprint density at radius 3 is 2.67 bits per heavy atom. The predicted octanol–water partition coefficient (Wildman–Crippen LogP) is 2.04. The molecule has 1 saturated heterocycles. The van der Waals surface area contributed by atoms with Gasteiger partial charge >= 0.3 is 5.97 Å². The average Bonchev–Trinajstić information content (AvgIpc) is 2.65. The van der Waals surface area contributed by atoms with Gasteiger partial charge in [-0.3, -0.25) is 19.2 Å². The molecule has 9 heteroatoms. The van der Waals surface area contributed by atoms with Gasteiger partial charge in [0.1, 0.15) is 5.69 Å². The van der Waals surface area contributed by atoms with E-state index in [0.29, 0.717) is 29.3 Å². The molecule has 0 unspecified atom stereocenters. The summed E-state index contributed by atoms with van der Waals surface area (Å²) in [6.07, 6.45) is 2.69. The highest BCUT2D eigenvalue weighted by Crippen LogP contribution is 2.27. The van der Waals surface area contributed by atoms with Crippen LogP contribution in [0.25, 0.3) is 6.08 Å². The van der Waals surface area contributed by atoms with Gasteiger partial charge in [0.15, 0.2) is 0 Å². The number of carbonyl (C=O) groups excluding carboxylic acids is 1. The molecule has 0 amide bonds. The highest BCUT2D eigenvalue weighted by atomic mass is 32.2. The summed E-state index contributed by atoms with van der Waals surface area (Å²) in [6, 6.07) is 4.75. The minimum absolute atomic E-state index is 0.0578. The summed E-state index contributed by atoms with van der Waals surface area (Å²) >= 11 is 0. The quantitative estimate of drug-likeness (QED) is 0.326. The lowest BCUT2D eigenvalue weighted by Gasteiger charge is -2.40. The molecular formula is C18H25N3O5S. The van der Waals surface area contributed by atoms with Crippen molar-refractivity contribution in [2.75, 3.05) is 43.6 Å². The number of anilines is 1. The number of nitro groups is 1. The van der Waals surface area contributed by atoms with Crippen LogP contribution >= 0.6 is 0 Å². The second-order valence-corrected chi connectivity index (χ2v) is 8.59. The molecule has 0 bridgehead atoms. The fourth-order valence-corrected chi connectivity index (χ4v) is 3.90. The third-order valence-electron chi connectivity index (χ3n) is 4.58. The van der Waals surface area contributed by atoms with E-state index in [1.807, 2.05) is 0 Å². The monoisotopic (exact) mass is 395 g/mol. The molecule has 0 aliphatic carbocycles. The van der Waals surface area contributed by atoms with Crippen molar-refractivity contribution in [3.05, 3.63) is 40.0 Å². The van der Waals surface area contributed by atoms with Crippen LogP contribution in [0.15, 0.2) is 24.3 Å². The Labute approximate surface area is 161 Å². The van der Waals surface area contributed by atoms with E-state index in [-0.39, 0.29) is 11.2 Å². The third kappa shape index (κ3) is 5.86. The van der Waals surface area contributed by atoms with E-state index in [1.165, 1.54) is 25.3 Å². The molecule has 0 aromatic heterocycles. The van der Waals surface area contributed by atoms with E-state index in [1.54, 1.807) is 12.1 Å². The Morgan fingerprint density at radius 1 is 1.41 bits per heavy atom. The van der Waals surface area contributed by atoms with Gasteiger partial charge in [-0.25, -0.2) is 4.79 Å². The lowest BCUT2D eigenvalue weighted by Crippen LogP contribution is -2.53. The zero-order valence-electron chi connectivity index (χ0n) is 15.8. The maximum absolute atomic E-state index is 11.5. The molecule has 2 rings (SSSR count). The fraction of sp³-hybridized carbons (Fsp3) is 0.500. The van der Waals surface area contributed by atoms with Crippen molar-refractivity contribution in [3.63, 3.8) is 0 Å². The van der Waals surface area contributed by atoms with Crippen LogP contribution in [0.5, 0.6) is 0 Å². The first-order valence-electron chi connectivity index (χ1n) is 8.61. The van der Waals surface area contributed by atoms with Crippen LogP contribution in [0.2, 0.25) is 0 Å². The maximum Gasteiger partial charge on any atom is 0.330 e. The number of ether oxygens (including phenoxy) is 1. The number of nitro benzene ring substituents is 1. The van der Waals surface area contributed by atoms with E-state index in [0.717, 1.165) is 13.1 Å². The molecule has 0 atom stereocenters. The molecule has 0 saturated carbocycles. The van der Waals surface area contributed by atoms with Crippen LogP contribution in [0.3, 0.4) is 0 Å². The zero-order chi connectivity index (χ0) is 20.0. The molecule has 1 aliphatic rings. The molecule has 1 fully saturated rings. The van der Waals surface area contributed by atoms with Crippen molar-refractivity contribution in [3.8, 4) is 0 Å². The van der Waals surface area contributed by atoms with E-state index in [2.05, 4.69) is 28.8 Å². The number of nitrogens with zero attached hydrogens (tertiary/aromatic N) is 2. The Bertz CT molecular complexity index is 753. The number of carbonyl (C=O) groups is 1. The van der Waals surface area contributed by atoms with Crippen molar-refractivity contribution < 1.29 is 18.7 Å². The molecular weight excluding hydrogens is 370 g/mol. The number of hydrogen-bond acceptors (Lipinski definition) is 7. The molecule has 1 aromatic rings. The Kier molecular flexibility index (Phi) is 7.09. The first-order chi connectivity index (χ1) is 12.7. The molecule has 27 heavy (non-hydrogen) atoms. The summed E-state index contributed by atoms with van der Waals surface area (Å²) in [5.74, 6) is 0.791. The molecule has 8 nitrogen and oxygen atoms in total. The van der Waals surface area contributed by atoms with Gasteiger partial charge in [0, 0.05) is 59.6 Å². The van der Waals surface area contributed by atoms with Gasteiger partial charge in [0.25, 0.3) is 5.69 Å². The summed E-state index contributed by atoms with van der Waals surface area (Å²) in [6.45, 7) is 6.14. The van der Waals surface area contributed by atoms with Crippen LogP contribution in [0.1, 0.15) is 19.4 Å². The minimum atomic E-state index is -0.745. The Morgan fingerprint density at radius 2 is 2.07 bits per heavy atom. The third-order valence-corrected chi connectivity index (χ3v) is 5.85. The normalized spacial score (nSPS) is 16.4. The van der Waals surface area contributed by atoms with Crippen LogP contribution in [-0.4, -0.2) is 63.8 Å². The van der Waals surface area contributed by atoms with E-state index < -0.39 is 21.7 Å². The van der Waals surface area contributed by atoms with Gasteiger partial charge in [0.2, 0.25) is 0 Å². The van der Waals surface area contributed by atoms with Crippen molar-refractivity contribution in [2.24, 2.45) is 0 Å². The van der Waals surface area contributed by atoms with Gasteiger partial charge in [-0.05, 0) is 31.6 Å². The Hall–Kier alpha value is -2.26. The molecule has 1 aliphatic heterocycles. The van der Waals surface area contributed by atoms with E-state index >= 15 is 0 Å². The number of benzene rings is 1. The summed E-state index contributed by atoms with van der Waals surface area (Å²) < 4.78 is 16.1. The van der Waals surface area contributed by atoms with Crippen LogP contribution < -0.4 is 5.32 Å². The second-order valence-electron chi connectivity index (χ2n) is 6.89. The van der Waals surface area contributed by atoms with Gasteiger partial charge in [-0.2, -0.15) is 0 Å². The van der Waals surface area contributed by atoms with Crippen LogP contribution in [0, 0.1) is 10.1 Å². The Balaban J connectivity index is 2.11. The van der Waals surface area contributed by atoms with E-state index in [4.69, 9.17) is 0 Å². The molecule has 0 radical (unpaired) electrons. The number of methoxy groups -OCH3 is 1. The second kappa shape index (κ2) is 9.09. The van der Waals surface area contributed by atoms with Gasteiger partial charge in [0.05, 0.1) is 12.0 Å². The summed E-state index contributed by atoms with van der Waals surface area (Å²) in [7, 11) is 0.523. The fourth-order valence-electron chi connectivity index (χ4n) is 2.85. The lowest BCUT2D eigenvalue weighted by molar-refractivity contribution is -0.384. The first-order valence-corrected chi connectivity index (χ1v) is 10.1. The predicted molar refractivity (Wildman–Crippen MR) is 106 cm³/mol. The number of nitrogens with one attached hydrogen (secondary N) is 1. The topological polar surface area (TPSA) is 102 Å². The summed E-state index contributed by atoms with van der Waals surface area (Å²) in [4.78, 5) is 24.4. The first kappa shape index (κ1) is 21.0. The lowest BCUT2D eigenvalue weighted by atomic mass is 10.0. The van der Waals surface area contributed by atoms with E-state index in [9.17, 15) is 19.1 Å². The van der Waals surface area contributed by atoms with Crippen molar-refractivity contribution in [2.45, 2.75) is 19.4 Å².